The van der Waals surface area contributed by atoms with Gasteiger partial charge in [0.2, 0.25) is 0 Å². The Labute approximate surface area is 158 Å². The van der Waals surface area contributed by atoms with E-state index in [-0.39, 0.29) is 63.7 Å². The van der Waals surface area contributed by atoms with E-state index in [1.807, 2.05) is 12.1 Å². The topological polar surface area (TPSA) is 22.1 Å². The molecule has 1 aromatic heterocycles. The van der Waals surface area contributed by atoms with Gasteiger partial charge in [0.15, 0.2) is 0 Å². The molecule has 0 aliphatic carbocycles. The van der Waals surface area contributed by atoms with Crippen LogP contribution in [-0.4, -0.2) is 18.6 Å². The number of para-hydroxylation sites is 1. The Balaban J connectivity index is 0.00000200. The molecule has 0 N–H and O–H groups in total. The molecule has 2 nitrogen and oxygen atoms in total. The average Bonchev–Trinajstić information content (AvgIpc) is 2.39. The summed E-state index contributed by atoms with van der Waals surface area (Å²) < 4.78 is 43.5. The smallest absolute Gasteiger partial charge is 0.496 e. The van der Waals surface area contributed by atoms with Crippen LogP contribution in [0.3, 0.4) is 0 Å². The Hall–Kier alpha value is -0.339. The van der Waals surface area contributed by atoms with Crippen molar-refractivity contribution in [2.75, 3.05) is 6.61 Å². The van der Waals surface area contributed by atoms with Gasteiger partial charge in [-0.1, -0.05) is 29.7 Å². The molecule has 0 fully saturated rings. The number of pyridine rings is 1. The van der Waals surface area contributed by atoms with Gasteiger partial charge in [0.25, 0.3) is 0 Å². The first-order valence-electron chi connectivity index (χ1n) is 5.89. The third kappa shape index (κ3) is 5.22. The van der Waals surface area contributed by atoms with E-state index in [2.05, 4.69) is 4.98 Å². The maximum absolute atomic E-state index is 12.8. The molecule has 0 unspecified atom stereocenters. The average molecular weight is 305 g/mol. The Morgan fingerprint density at radius 1 is 1.00 bits per heavy atom. The van der Waals surface area contributed by atoms with Crippen molar-refractivity contribution in [1.82, 2.24) is 4.98 Å². The third-order valence-electron chi connectivity index (χ3n) is 2.61. The minimum absolute atomic E-state index is 0. The molecule has 1 heterocycles. The summed E-state index contributed by atoms with van der Waals surface area (Å²) in [4.78, 5) is 4.08. The zero-order valence-electron chi connectivity index (χ0n) is 11.1. The fourth-order valence-corrected chi connectivity index (χ4v) is 1.69. The second-order valence-electron chi connectivity index (χ2n) is 4.03. The molecule has 0 bridgehead atoms. The number of hydrogen-bond donors (Lipinski definition) is 0. The number of nitrogens with zero attached hydrogens (tertiary/aromatic N) is 1. The first-order valence-corrected chi connectivity index (χ1v) is 5.89. The van der Waals surface area contributed by atoms with Gasteiger partial charge in [-0.2, -0.15) is 0 Å². The van der Waals surface area contributed by atoms with E-state index in [1.54, 1.807) is 12.3 Å². The van der Waals surface area contributed by atoms with Crippen molar-refractivity contribution >= 4 is 12.4 Å². The van der Waals surface area contributed by atoms with Gasteiger partial charge in [-0.15, -0.1) is 0 Å². The molecular weight excluding hydrogens is 293 g/mol. The molecule has 20 heavy (non-hydrogen) atoms. The molecule has 0 spiro atoms. The molecule has 0 radical (unpaired) electrons. The van der Waals surface area contributed by atoms with Gasteiger partial charge in [-0.25, -0.2) is 0 Å². The number of hydrogen-bond acceptors (Lipinski definition) is 2. The standard InChI is InChI=1S/C13H12BF3NO.K/c15-14(16,17)12-6-1-2-7-13(12)19-10-8-11-5-3-4-9-18-11;/h1-7,9H,8,10H2;/q-1;+1. The molecule has 1 aromatic carbocycles. The maximum atomic E-state index is 12.8. The van der Waals surface area contributed by atoms with Crippen LogP contribution in [-0.2, 0) is 6.42 Å². The van der Waals surface area contributed by atoms with Gasteiger partial charge in [-0.3, -0.25) is 4.98 Å². The van der Waals surface area contributed by atoms with Crippen LogP contribution in [0.2, 0.25) is 0 Å². The Bertz CT molecular complexity index is 537. The monoisotopic (exact) mass is 305 g/mol. The molecule has 0 aliphatic rings. The van der Waals surface area contributed by atoms with E-state index in [9.17, 15) is 12.9 Å². The number of halogens is 3. The Kier molecular flexibility index (Phi) is 7.25. The van der Waals surface area contributed by atoms with E-state index in [4.69, 9.17) is 4.74 Å². The van der Waals surface area contributed by atoms with Crippen molar-refractivity contribution in [1.29, 1.82) is 0 Å². The van der Waals surface area contributed by atoms with Crippen LogP contribution >= 0.6 is 0 Å². The van der Waals surface area contributed by atoms with Crippen LogP contribution in [0.4, 0.5) is 12.9 Å². The summed E-state index contributed by atoms with van der Waals surface area (Å²) in [5.74, 6) is -0.120. The fraction of sp³-hybridized carbons (Fsp3) is 0.154. The van der Waals surface area contributed by atoms with E-state index < -0.39 is 12.4 Å². The van der Waals surface area contributed by atoms with Crippen LogP contribution in [0.5, 0.6) is 5.75 Å². The van der Waals surface area contributed by atoms with Gasteiger partial charge in [0.1, 0.15) is 0 Å². The Morgan fingerprint density at radius 3 is 2.35 bits per heavy atom. The SMILES string of the molecule is F[B-](F)(F)c1ccccc1OCCc1ccccn1.[K+]. The maximum Gasteiger partial charge on any atom is 1.00 e. The molecule has 0 saturated heterocycles. The van der Waals surface area contributed by atoms with Gasteiger partial charge >= 0.3 is 58.4 Å². The predicted octanol–water partition coefficient (Wildman–Crippen LogP) is -0.239. The van der Waals surface area contributed by atoms with Gasteiger partial charge in [0.05, 0.1) is 12.4 Å². The molecule has 0 amide bonds. The van der Waals surface area contributed by atoms with Crippen molar-refractivity contribution in [3.05, 3.63) is 54.4 Å². The summed E-state index contributed by atoms with van der Waals surface area (Å²) >= 11 is 0. The Morgan fingerprint density at radius 2 is 1.70 bits per heavy atom. The van der Waals surface area contributed by atoms with Crippen molar-refractivity contribution in [2.24, 2.45) is 0 Å². The van der Waals surface area contributed by atoms with Gasteiger partial charge in [0, 0.05) is 18.3 Å². The summed E-state index contributed by atoms with van der Waals surface area (Å²) in [6.45, 7) is -4.89. The van der Waals surface area contributed by atoms with E-state index >= 15 is 0 Å². The number of rotatable bonds is 5. The summed E-state index contributed by atoms with van der Waals surface area (Å²) in [5, 5.41) is 0. The van der Waals surface area contributed by atoms with Crippen LogP contribution in [0.15, 0.2) is 48.7 Å². The zero-order chi connectivity index (χ0) is 13.7. The minimum atomic E-state index is -5.05. The van der Waals surface area contributed by atoms with Crippen LogP contribution in [0, 0.1) is 0 Å². The molecule has 100 valence electrons. The molecule has 7 heteroatoms. The van der Waals surface area contributed by atoms with Crippen molar-refractivity contribution in [2.45, 2.75) is 6.42 Å². The molecular formula is C13H12BF3KNO. The molecule has 2 rings (SSSR count). The van der Waals surface area contributed by atoms with Crippen LogP contribution in [0.1, 0.15) is 5.69 Å². The summed E-state index contributed by atoms with van der Waals surface area (Å²) in [5.41, 5.74) is 0.0982. The summed E-state index contributed by atoms with van der Waals surface area (Å²) in [6, 6.07) is 10.7. The fourth-order valence-electron chi connectivity index (χ4n) is 1.69. The van der Waals surface area contributed by atoms with E-state index in [1.165, 1.54) is 18.2 Å². The third-order valence-corrected chi connectivity index (χ3v) is 2.61. The molecule has 0 aliphatic heterocycles. The van der Waals surface area contributed by atoms with Gasteiger partial charge in [-0.05, 0) is 18.2 Å². The number of ether oxygens (including phenoxy) is 1. The second kappa shape index (κ2) is 8.19. The second-order valence-corrected chi connectivity index (χ2v) is 4.03. The normalized spacial score (nSPS) is 10.8. The molecule has 0 atom stereocenters. The first-order chi connectivity index (χ1) is 9.07. The van der Waals surface area contributed by atoms with E-state index in [0.29, 0.717) is 6.42 Å². The van der Waals surface area contributed by atoms with Crippen LogP contribution in [0.25, 0.3) is 0 Å². The predicted molar refractivity (Wildman–Crippen MR) is 68.6 cm³/mol. The molecule has 0 saturated carbocycles. The zero-order valence-corrected chi connectivity index (χ0v) is 14.2. The summed E-state index contributed by atoms with van der Waals surface area (Å²) in [6.07, 6.45) is 2.11. The van der Waals surface area contributed by atoms with Crippen LogP contribution < -0.4 is 61.6 Å². The minimum Gasteiger partial charge on any atom is -0.496 e. The quantitative estimate of drug-likeness (QED) is 0.712. The largest absolute Gasteiger partial charge is 1.00 e. The van der Waals surface area contributed by atoms with Gasteiger partial charge < -0.3 is 17.7 Å². The van der Waals surface area contributed by atoms with Crippen molar-refractivity contribution in [3.63, 3.8) is 0 Å². The molecule has 2 aromatic rings. The number of benzene rings is 1. The first kappa shape index (κ1) is 17.7. The van der Waals surface area contributed by atoms with Crippen molar-refractivity contribution in [3.8, 4) is 5.75 Å². The summed E-state index contributed by atoms with van der Waals surface area (Å²) in [7, 11) is 0. The van der Waals surface area contributed by atoms with Crippen molar-refractivity contribution < 1.29 is 69.1 Å². The van der Waals surface area contributed by atoms with E-state index in [0.717, 1.165) is 11.8 Å². The number of aromatic nitrogens is 1.